The second kappa shape index (κ2) is 6.37. The highest BCUT2D eigenvalue weighted by molar-refractivity contribution is 6.56. The van der Waals surface area contributed by atoms with Gasteiger partial charge in [-0.05, 0) is 12.1 Å². The highest BCUT2D eigenvalue weighted by atomic mass is 35.5. The van der Waals surface area contributed by atoms with Gasteiger partial charge in [0, 0.05) is 5.56 Å². The summed E-state index contributed by atoms with van der Waals surface area (Å²) in [5, 5.41) is 9.05. The number of halogens is 6. The van der Waals surface area contributed by atoms with Crippen molar-refractivity contribution in [1.82, 2.24) is 4.98 Å². The van der Waals surface area contributed by atoms with Crippen molar-refractivity contribution in [3.63, 3.8) is 0 Å². The zero-order valence-electron chi connectivity index (χ0n) is 9.73. The van der Waals surface area contributed by atoms with Crippen molar-refractivity contribution in [2.75, 3.05) is 0 Å². The molecule has 1 N–H and O–H groups in total. The lowest BCUT2D eigenvalue weighted by Gasteiger charge is -2.12. The molecule has 3 nitrogen and oxygen atoms in total. The predicted molar refractivity (Wildman–Crippen MR) is 86.7 cm³/mol. The third-order valence-electron chi connectivity index (χ3n) is 2.51. The van der Waals surface area contributed by atoms with Crippen LogP contribution in [0.3, 0.4) is 0 Å². The van der Waals surface area contributed by atoms with Crippen molar-refractivity contribution in [3.05, 3.63) is 48.0 Å². The quantitative estimate of drug-likeness (QED) is 0.466. The van der Waals surface area contributed by atoms with Crippen LogP contribution < -0.4 is 0 Å². The molecule has 2 rings (SSSR count). The SMILES string of the molecule is O=C(O)c1nc(-c2c(Cl)c(Cl)c(Cl)c(Cl)c2Cl)ccc1Cl. The number of aromatic nitrogens is 1. The second-order valence-electron chi connectivity index (χ2n) is 3.78. The monoisotopic (exact) mass is 403 g/mol. The average Bonchev–Trinajstić information content (AvgIpc) is 2.44. The van der Waals surface area contributed by atoms with Crippen molar-refractivity contribution in [3.8, 4) is 11.3 Å². The topological polar surface area (TPSA) is 50.2 Å². The molecule has 0 spiro atoms. The zero-order valence-corrected chi connectivity index (χ0v) is 14.3. The van der Waals surface area contributed by atoms with Gasteiger partial charge in [0.15, 0.2) is 5.69 Å². The van der Waals surface area contributed by atoms with Gasteiger partial charge in [-0.15, -0.1) is 0 Å². The molecular weight excluding hydrogens is 403 g/mol. The minimum Gasteiger partial charge on any atom is -0.476 e. The summed E-state index contributed by atoms with van der Waals surface area (Å²) in [5.41, 5.74) is -0.00679. The number of carboxylic acid groups (broad SMARTS) is 1. The third kappa shape index (κ3) is 3.04. The first-order chi connectivity index (χ1) is 9.75. The highest BCUT2D eigenvalue weighted by Crippen LogP contribution is 2.47. The Morgan fingerprint density at radius 3 is 1.81 bits per heavy atom. The molecule has 0 amide bonds. The fourth-order valence-corrected chi connectivity index (χ4v) is 3.08. The number of rotatable bonds is 2. The van der Waals surface area contributed by atoms with Gasteiger partial charge in [0.25, 0.3) is 0 Å². The first-order valence-corrected chi connectivity index (χ1v) is 7.44. The first kappa shape index (κ1) is 16.9. The predicted octanol–water partition coefficient (Wildman–Crippen LogP) is 6.37. The van der Waals surface area contributed by atoms with Crippen LogP contribution in [0.5, 0.6) is 0 Å². The fraction of sp³-hybridized carbons (Fsp3) is 0. The van der Waals surface area contributed by atoms with Gasteiger partial charge in [-0.1, -0.05) is 69.6 Å². The summed E-state index contributed by atoms with van der Waals surface area (Å²) in [7, 11) is 0. The lowest BCUT2D eigenvalue weighted by molar-refractivity contribution is 0.0691. The van der Waals surface area contributed by atoms with E-state index in [1.807, 2.05) is 0 Å². The molecule has 21 heavy (non-hydrogen) atoms. The van der Waals surface area contributed by atoms with Crippen LogP contribution in [0.1, 0.15) is 10.5 Å². The maximum Gasteiger partial charge on any atom is 0.356 e. The number of nitrogens with zero attached hydrogens (tertiary/aromatic N) is 1. The number of benzene rings is 1. The first-order valence-electron chi connectivity index (χ1n) is 5.17. The van der Waals surface area contributed by atoms with Crippen molar-refractivity contribution >= 4 is 75.6 Å². The maximum atomic E-state index is 11.1. The largest absolute Gasteiger partial charge is 0.476 e. The molecule has 110 valence electrons. The van der Waals surface area contributed by atoms with Crippen LogP contribution in [-0.4, -0.2) is 16.1 Å². The normalized spacial score (nSPS) is 10.8. The van der Waals surface area contributed by atoms with Gasteiger partial charge in [-0.3, -0.25) is 0 Å². The molecule has 0 radical (unpaired) electrons. The van der Waals surface area contributed by atoms with E-state index in [4.69, 9.17) is 74.7 Å². The molecule has 0 aliphatic carbocycles. The van der Waals surface area contributed by atoms with E-state index < -0.39 is 5.97 Å². The number of carbonyl (C=O) groups is 1. The summed E-state index contributed by atoms with van der Waals surface area (Å²) in [6.07, 6.45) is 0. The Labute approximate surface area is 149 Å². The Morgan fingerprint density at radius 2 is 1.33 bits per heavy atom. The van der Waals surface area contributed by atoms with E-state index >= 15 is 0 Å². The smallest absolute Gasteiger partial charge is 0.356 e. The van der Waals surface area contributed by atoms with E-state index in [9.17, 15) is 4.79 Å². The molecule has 0 saturated heterocycles. The van der Waals surface area contributed by atoms with Gasteiger partial charge in [0.1, 0.15) is 0 Å². The Bertz CT molecular complexity index is 733. The summed E-state index contributed by atoms with van der Waals surface area (Å²) in [6.45, 7) is 0. The number of aromatic carboxylic acids is 1. The zero-order chi connectivity index (χ0) is 15.9. The summed E-state index contributed by atoms with van der Waals surface area (Å²) in [5.74, 6) is -1.29. The van der Waals surface area contributed by atoms with Crippen LogP contribution in [0.4, 0.5) is 0 Å². The highest BCUT2D eigenvalue weighted by Gasteiger charge is 2.22. The van der Waals surface area contributed by atoms with Crippen molar-refractivity contribution in [1.29, 1.82) is 0 Å². The third-order valence-corrected chi connectivity index (χ3v) is 5.10. The Kier molecular flexibility index (Phi) is 5.14. The van der Waals surface area contributed by atoms with E-state index in [-0.39, 0.29) is 47.1 Å². The molecular formula is C12H3Cl6NO2. The molecule has 0 saturated carbocycles. The molecule has 1 aromatic heterocycles. The minimum absolute atomic E-state index is 0.00337. The van der Waals surface area contributed by atoms with Gasteiger partial charge in [0.2, 0.25) is 0 Å². The lowest BCUT2D eigenvalue weighted by Crippen LogP contribution is -2.02. The summed E-state index contributed by atoms with van der Waals surface area (Å²) >= 11 is 35.8. The average molecular weight is 406 g/mol. The van der Waals surface area contributed by atoms with E-state index in [2.05, 4.69) is 4.98 Å². The summed E-state index contributed by atoms with van der Waals surface area (Å²) in [6, 6.07) is 2.80. The summed E-state index contributed by atoms with van der Waals surface area (Å²) in [4.78, 5) is 15.0. The number of hydrogen-bond donors (Lipinski definition) is 1. The van der Waals surface area contributed by atoms with Crippen LogP contribution in [0.2, 0.25) is 30.1 Å². The molecule has 0 bridgehead atoms. The minimum atomic E-state index is -1.29. The molecule has 1 heterocycles. The molecule has 0 aliphatic heterocycles. The van der Waals surface area contributed by atoms with E-state index in [1.165, 1.54) is 12.1 Å². The molecule has 0 atom stereocenters. The Morgan fingerprint density at radius 1 is 0.857 bits per heavy atom. The van der Waals surface area contributed by atoms with Crippen molar-refractivity contribution in [2.45, 2.75) is 0 Å². The Balaban J connectivity index is 2.80. The van der Waals surface area contributed by atoms with Crippen LogP contribution in [0.25, 0.3) is 11.3 Å². The molecule has 2 aromatic rings. The maximum absolute atomic E-state index is 11.1. The van der Waals surface area contributed by atoms with Crippen LogP contribution in [0, 0.1) is 0 Å². The van der Waals surface area contributed by atoms with Gasteiger partial charge < -0.3 is 5.11 Å². The van der Waals surface area contributed by atoms with Gasteiger partial charge in [-0.25, -0.2) is 9.78 Å². The molecule has 1 aromatic carbocycles. The van der Waals surface area contributed by atoms with Gasteiger partial charge in [0.05, 0.1) is 35.8 Å². The van der Waals surface area contributed by atoms with Gasteiger partial charge in [-0.2, -0.15) is 0 Å². The molecule has 9 heteroatoms. The van der Waals surface area contributed by atoms with Crippen LogP contribution in [0.15, 0.2) is 12.1 Å². The molecule has 0 aliphatic rings. The van der Waals surface area contributed by atoms with E-state index in [1.54, 1.807) is 0 Å². The molecule has 0 unspecified atom stereocenters. The van der Waals surface area contributed by atoms with Crippen LogP contribution >= 0.6 is 69.6 Å². The Hall–Kier alpha value is -0.420. The van der Waals surface area contributed by atoms with E-state index in [0.29, 0.717) is 0 Å². The van der Waals surface area contributed by atoms with Crippen molar-refractivity contribution in [2.24, 2.45) is 0 Å². The number of carboxylic acids is 1. The number of pyridine rings is 1. The van der Waals surface area contributed by atoms with Crippen molar-refractivity contribution < 1.29 is 9.90 Å². The number of hydrogen-bond acceptors (Lipinski definition) is 2. The standard InChI is InChI=1S/C12H3Cl6NO2/c13-3-1-2-4(19-11(3)12(20)21)5-6(14)8(16)10(18)9(17)7(5)15/h1-2H,(H,20,21). The van der Waals surface area contributed by atoms with E-state index in [0.717, 1.165) is 0 Å². The molecule has 0 fully saturated rings. The lowest BCUT2D eigenvalue weighted by atomic mass is 10.1. The second-order valence-corrected chi connectivity index (χ2v) is 6.07. The van der Waals surface area contributed by atoms with Gasteiger partial charge >= 0.3 is 5.97 Å². The summed E-state index contributed by atoms with van der Waals surface area (Å²) < 4.78 is 0. The van der Waals surface area contributed by atoms with Crippen LogP contribution in [-0.2, 0) is 0 Å². The fourth-order valence-electron chi connectivity index (χ4n) is 1.56.